The Morgan fingerprint density at radius 1 is 1.18 bits per heavy atom. The number of anilines is 2. The number of para-hydroxylation sites is 2. The lowest BCUT2D eigenvalue weighted by Gasteiger charge is -2.19. The van der Waals surface area contributed by atoms with Gasteiger partial charge >= 0.3 is 0 Å². The number of fused-ring (bicyclic) bond motifs is 1. The molecule has 0 radical (unpaired) electrons. The summed E-state index contributed by atoms with van der Waals surface area (Å²) < 4.78 is 31.7. The van der Waals surface area contributed by atoms with Gasteiger partial charge in [-0.15, -0.1) is 5.10 Å². The van der Waals surface area contributed by atoms with Gasteiger partial charge in [0.15, 0.2) is 17.2 Å². The van der Waals surface area contributed by atoms with Crippen LogP contribution in [0.1, 0.15) is 32.9 Å². The smallest absolute Gasteiger partial charge is 0.293 e. The zero-order valence-electron chi connectivity index (χ0n) is 23.3. The number of rotatable bonds is 10. The standard InChI is InChI=1S/C29H25ClFN9O4/c1-42-24-11-4-7-18(26(24)43-16-19-20(30)8-5-9-21(19)31)14-33-35-29(41)25-23(40(38-34-25)28-27(32)36-44-37-28)15-39-13-12-17-6-2-3-10-22(17)39/h2-11,14H,12-13,15-16H2,1H3,(H2,32,36)(H,35,41)/b33-14-. The number of amides is 1. The molecule has 0 unspecified atom stereocenters. The van der Waals surface area contributed by atoms with Gasteiger partial charge in [-0.2, -0.15) is 9.78 Å². The molecule has 0 aliphatic carbocycles. The molecule has 3 N–H and O–H groups in total. The molecule has 0 spiro atoms. The Kier molecular flexibility index (Phi) is 8.06. The van der Waals surface area contributed by atoms with Crippen molar-refractivity contribution in [1.82, 2.24) is 30.7 Å². The van der Waals surface area contributed by atoms with Crippen LogP contribution >= 0.6 is 11.6 Å². The average molecular weight is 618 g/mol. The highest BCUT2D eigenvalue weighted by molar-refractivity contribution is 6.31. The summed E-state index contributed by atoms with van der Waals surface area (Å²) in [5.41, 5.74) is 11.7. The Hall–Kier alpha value is -5.50. The van der Waals surface area contributed by atoms with Crippen molar-refractivity contribution in [2.75, 3.05) is 24.3 Å². The molecule has 15 heteroatoms. The van der Waals surface area contributed by atoms with E-state index in [-0.39, 0.29) is 46.8 Å². The number of nitrogens with zero attached hydrogens (tertiary/aromatic N) is 7. The lowest BCUT2D eigenvalue weighted by atomic mass is 10.2. The second kappa shape index (κ2) is 12.4. The predicted molar refractivity (Wildman–Crippen MR) is 159 cm³/mol. The van der Waals surface area contributed by atoms with Gasteiger partial charge < -0.3 is 20.1 Å². The number of carbonyl (C=O) groups excluding carboxylic acids is 1. The second-order valence-electron chi connectivity index (χ2n) is 9.64. The SMILES string of the molecule is COc1cccc(/C=N\NC(=O)c2nnn(-c3nonc3N)c2CN2CCc3ccccc32)c1OCc1c(F)cccc1Cl. The zero-order chi connectivity index (χ0) is 30.6. The predicted octanol–water partition coefficient (Wildman–Crippen LogP) is 3.94. The zero-order valence-corrected chi connectivity index (χ0v) is 24.0. The van der Waals surface area contributed by atoms with E-state index in [9.17, 15) is 9.18 Å². The molecule has 224 valence electrons. The van der Waals surface area contributed by atoms with Gasteiger partial charge in [-0.3, -0.25) is 4.79 Å². The number of nitrogens with one attached hydrogen (secondary N) is 1. The largest absolute Gasteiger partial charge is 0.493 e. The van der Waals surface area contributed by atoms with Crippen molar-refractivity contribution in [3.05, 3.63) is 99.6 Å². The summed E-state index contributed by atoms with van der Waals surface area (Å²) >= 11 is 6.16. The maximum absolute atomic E-state index is 14.3. The molecule has 0 saturated carbocycles. The van der Waals surface area contributed by atoms with Crippen molar-refractivity contribution < 1.29 is 23.3 Å². The summed E-state index contributed by atoms with van der Waals surface area (Å²) in [5, 5.41) is 20.0. The molecule has 13 nitrogen and oxygen atoms in total. The first-order valence-electron chi connectivity index (χ1n) is 13.4. The van der Waals surface area contributed by atoms with Crippen LogP contribution in [0.15, 0.2) is 70.4 Å². The van der Waals surface area contributed by atoms with E-state index in [2.05, 4.69) is 42.1 Å². The Bertz CT molecular complexity index is 1840. The van der Waals surface area contributed by atoms with Crippen molar-refractivity contribution in [1.29, 1.82) is 0 Å². The lowest BCUT2D eigenvalue weighted by Crippen LogP contribution is -2.26. The first-order valence-corrected chi connectivity index (χ1v) is 13.7. The van der Waals surface area contributed by atoms with Gasteiger partial charge in [0.25, 0.3) is 5.91 Å². The molecule has 3 heterocycles. The van der Waals surface area contributed by atoms with Crippen LogP contribution in [0.5, 0.6) is 11.5 Å². The number of halogens is 2. The van der Waals surface area contributed by atoms with Crippen molar-refractivity contribution in [3.63, 3.8) is 0 Å². The van der Waals surface area contributed by atoms with Gasteiger partial charge in [0.1, 0.15) is 12.4 Å². The highest BCUT2D eigenvalue weighted by Crippen LogP contribution is 2.32. The van der Waals surface area contributed by atoms with E-state index in [1.807, 2.05) is 18.2 Å². The minimum Gasteiger partial charge on any atom is -0.493 e. The molecule has 0 fully saturated rings. The van der Waals surface area contributed by atoms with Crippen molar-refractivity contribution in [2.24, 2.45) is 5.10 Å². The van der Waals surface area contributed by atoms with Crippen LogP contribution in [0.3, 0.4) is 0 Å². The topological polar surface area (TPSA) is 159 Å². The summed E-state index contributed by atoms with van der Waals surface area (Å²) in [5.74, 6) is -0.378. The molecule has 3 aromatic carbocycles. The fraction of sp³-hybridized carbons (Fsp3) is 0.172. The van der Waals surface area contributed by atoms with Gasteiger partial charge in [-0.1, -0.05) is 47.1 Å². The van der Waals surface area contributed by atoms with Crippen LogP contribution < -0.4 is 25.5 Å². The number of methoxy groups -OCH3 is 1. The van der Waals surface area contributed by atoms with Gasteiger partial charge in [-0.25, -0.2) is 14.4 Å². The number of benzene rings is 3. The highest BCUT2D eigenvalue weighted by Gasteiger charge is 2.28. The van der Waals surface area contributed by atoms with E-state index in [1.165, 1.54) is 35.7 Å². The van der Waals surface area contributed by atoms with Gasteiger partial charge in [0.05, 0.1) is 30.6 Å². The first-order chi connectivity index (χ1) is 21.4. The van der Waals surface area contributed by atoms with E-state index >= 15 is 0 Å². The quantitative estimate of drug-likeness (QED) is 0.174. The summed E-state index contributed by atoms with van der Waals surface area (Å²) in [4.78, 5) is 15.5. The molecule has 2 aromatic heterocycles. The second-order valence-corrected chi connectivity index (χ2v) is 10.0. The molecule has 5 aromatic rings. The van der Waals surface area contributed by atoms with E-state index < -0.39 is 11.7 Å². The number of hydrogen-bond donors (Lipinski definition) is 2. The number of ether oxygens (including phenoxy) is 2. The molecule has 1 aliphatic rings. The minimum atomic E-state index is -0.631. The summed E-state index contributed by atoms with van der Waals surface area (Å²) in [6.45, 7) is 0.841. The summed E-state index contributed by atoms with van der Waals surface area (Å²) in [6.07, 6.45) is 2.23. The maximum Gasteiger partial charge on any atom is 0.293 e. The number of nitrogens with two attached hydrogens (primary N) is 1. The van der Waals surface area contributed by atoms with Crippen molar-refractivity contribution >= 4 is 35.2 Å². The first kappa shape index (κ1) is 28.6. The van der Waals surface area contributed by atoms with E-state index in [0.29, 0.717) is 17.0 Å². The van der Waals surface area contributed by atoms with Crippen LogP contribution in [0.2, 0.25) is 5.02 Å². The third kappa shape index (κ3) is 5.62. The molecule has 1 aliphatic heterocycles. The minimum absolute atomic E-state index is 0.00485. The molecule has 6 rings (SSSR count). The van der Waals surface area contributed by atoms with Crippen LogP contribution in [-0.4, -0.2) is 51.1 Å². The van der Waals surface area contributed by atoms with Crippen molar-refractivity contribution in [3.8, 4) is 17.3 Å². The third-order valence-corrected chi connectivity index (χ3v) is 7.37. The number of carbonyl (C=O) groups is 1. The lowest BCUT2D eigenvalue weighted by molar-refractivity contribution is 0.0949. The Morgan fingerprint density at radius 2 is 2.02 bits per heavy atom. The van der Waals surface area contributed by atoms with Crippen LogP contribution in [-0.2, 0) is 19.6 Å². The van der Waals surface area contributed by atoms with Crippen LogP contribution in [0.25, 0.3) is 5.82 Å². The van der Waals surface area contributed by atoms with E-state index in [1.54, 1.807) is 24.3 Å². The molecular formula is C29H25ClFN9O4. The van der Waals surface area contributed by atoms with Crippen LogP contribution in [0, 0.1) is 5.82 Å². The van der Waals surface area contributed by atoms with E-state index in [0.717, 1.165) is 18.7 Å². The third-order valence-electron chi connectivity index (χ3n) is 7.02. The molecule has 0 saturated heterocycles. The maximum atomic E-state index is 14.3. The fourth-order valence-corrected chi connectivity index (χ4v) is 5.07. The Morgan fingerprint density at radius 3 is 2.82 bits per heavy atom. The number of hydrazone groups is 1. The average Bonchev–Trinajstić information content (AvgIpc) is 3.76. The van der Waals surface area contributed by atoms with Crippen LogP contribution in [0.4, 0.5) is 15.9 Å². The van der Waals surface area contributed by atoms with E-state index in [4.69, 9.17) is 31.4 Å². The fourth-order valence-electron chi connectivity index (χ4n) is 4.86. The molecule has 0 bridgehead atoms. The summed E-state index contributed by atoms with van der Waals surface area (Å²) in [7, 11) is 1.47. The molecule has 44 heavy (non-hydrogen) atoms. The normalized spacial score (nSPS) is 12.5. The summed E-state index contributed by atoms with van der Waals surface area (Å²) in [6, 6.07) is 17.5. The number of hydrogen-bond acceptors (Lipinski definition) is 11. The van der Waals surface area contributed by atoms with Gasteiger partial charge in [0.2, 0.25) is 11.6 Å². The van der Waals surface area contributed by atoms with Gasteiger partial charge in [0, 0.05) is 23.4 Å². The molecule has 0 atom stereocenters. The van der Waals surface area contributed by atoms with Crippen molar-refractivity contribution in [2.45, 2.75) is 19.6 Å². The number of nitrogen functional groups attached to an aromatic ring is 1. The Balaban J connectivity index is 1.25. The molecular weight excluding hydrogens is 593 g/mol. The number of aromatic nitrogens is 5. The monoisotopic (exact) mass is 617 g/mol. The highest BCUT2D eigenvalue weighted by atomic mass is 35.5. The Labute approximate surface area is 255 Å². The molecule has 1 amide bonds. The van der Waals surface area contributed by atoms with Gasteiger partial charge in [-0.05, 0) is 52.6 Å².